The first-order chi connectivity index (χ1) is 16.3. The summed E-state index contributed by atoms with van der Waals surface area (Å²) in [6.07, 6.45) is -4.48. The number of methoxy groups -OCH3 is 1. The lowest BCUT2D eigenvalue weighted by Gasteiger charge is -2.14. The predicted octanol–water partition coefficient (Wildman–Crippen LogP) is 5.33. The Kier molecular flexibility index (Phi) is 5.57. The van der Waals surface area contributed by atoms with Crippen LogP contribution >= 0.6 is 0 Å². The average Bonchev–Trinajstić information content (AvgIpc) is 3.65. The molecule has 9 heteroatoms. The van der Waals surface area contributed by atoms with E-state index in [1.165, 1.54) is 25.3 Å². The number of ether oxygens (including phenoxy) is 4. The highest BCUT2D eigenvalue weighted by atomic mass is 19.4. The van der Waals surface area contributed by atoms with Gasteiger partial charge < -0.3 is 23.4 Å². The zero-order valence-electron chi connectivity index (χ0n) is 18.0. The molecule has 34 heavy (non-hydrogen) atoms. The van der Waals surface area contributed by atoms with E-state index in [4.69, 9.17) is 23.4 Å². The highest BCUT2D eigenvalue weighted by molar-refractivity contribution is 5.95. The van der Waals surface area contributed by atoms with E-state index in [1.807, 2.05) is 0 Å². The maximum atomic E-state index is 13.4. The minimum absolute atomic E-state index is 0.00567. The number of hydrogen-bond acceptors (Lipinski definition) is 6. The molecule has 1 aliphatic rings. The van der Waals surface area contributed by atoms with Crippen LogP contribution < -0.4 is 19.6 Å². The molecule has 1 saturated heterocycles. The first-order valence-electron chi connectivity index (χ1n) is 10.4. The predicted molar refractivity (Wildman–Crippen MR) is 118 cm³/mol. The summed E-state index contributed by atoms with van der Waals surface area (Å²) in [6, 6.07) is 12.9. The number of alkyl halides is 3. The van der Waals surface area contributed by atoms with Crippen molar-refractivity contribution >= 4 is 21.9 Å². The molecule has 0 radical (unpaired) electrons. The van der Waals surface area contributed by atoms with Gasteiger partial charge in [-0.3, -0.25) is 4.79 Å². The second-order valence-electron chi connectivity index (χ2n) is 7.82. The van der Waals surface area contributed by atoms with Crippen molar-refractivity contribution in [3.05, 3.63) is 75.9 Å². The minimum Gasteiger partial charge on any atom is -0.493 e. The molecular formula is C25H19F3O6. The van der Waals surface area contributed by atoms with Crippen LogP contribution in [0.15, 0.2) is 63.8 Å². The van der Waals surface area contributed by atoms with Crippen molar-refractivity contribution in [1.29, 1.82) is 0 Å². The lowest BCUT2D eigenvalue weighted by atomic mass is 10.1. The maximum absolute atomic E-state index is 13.4. The summed E-state index contributed by atoms with van der Waals surface area (Å²) in [4.78, 5) is 13.4. The second-order valence-corrected chi connectivity index (χ2v) is 7.82. The maximum Gasteiger partial charge on any atom is 0.416 e. The van der Waals surface area contributed by atoms with Gasteiger partial charge in [0.1, 0.15) is 41.8 Å². The highest BCUT2D eigenvalue weighted by Crippen LogP contribution is 2.35. The van der Waals surface area contributed by atoms with Gasteiger partial charge in [-0.25, -0.2) is 0 Å². The second kappa shape index (κ2) is 8.57. The molecule has 0 saturated carbocycles. The molecule has 4 aromatic rings. The monoisotopic (exact) mass is 472 g/mol. The molecule has 176 valence electrons. The molecule has 1 unspecified atom stereocenters. The molecule has 6 nitrogen and oxygen atoms in total. The molecular weight excluding hydrogens is 453 g/mol. The van der Waals surface area contributed by atoms with Crippen molar-refractivity contribution in [2.45, 2.75) is 18.9 Å². The third-order valence-electron chi connectivity index (χ3n) is 5.41. The summed E-state index contributed by atoms with van der Waals surface area (Å²) in [7, 11) is 1.47. The summed E-state index contributed by atoms with van der Waals surface area (Å²) in [5.41, 5.74) is -0.361. The number of para-hydroxylation sites is 1. The lowest BCUT2D eigenvalue weighted by molar-refractivity contribution is -0.137. The van der Waals surface area contributed by atoms with Gasteiger partial charge in [-0.1, -0.05) is 18.2 Å². The Labute approximate surface area is 191 Å². The number of epoxide rings is 1. The lowest BCUT2D eigenvalue weighted by Crippen LogP contribution is -2.09. The van der Waals surface area contributed by atoms with Crippen molar-refractivity contribution in [1.82, 2.24) is 0 Å². The van der Waals surface area contributed by atoms with E-state index in [9.17, 15) is 18.0 Å². The van der Waals surface area contributed by atoms with Crippen molar-refractivity contribution in [2.75, 3.05) is 20.3 Å². The van der Waals surface area contributed by atoms with E-state index in [0.717, 1.165) is 12.1 Å². The number of benzene rings is 3. The fourth-order valence-corrected chi connectivity index (χ4v) is 3.62. The average molecular weight is 472 g/mol. The van der Waals surface area contributed by atoms with Gasteiger partial charge in [0.2, 0.25) is 5.43 Å². The molecule has 1 fully saturated rings. The van der Waals surface area contributed by atoms with Crippen LogP contribution in [-0.4, -0.2) is 26.4 Å². The summed E-state index contributed by atoms with van der Waals surface area (Å²) in [5.74, 6) is 0.903. The molecule has 0 amide bonds. The Bertz CT molecular complexity index is 1420. The fraction of sp³-hybridized carbons (Fsp3) is 0.240. The SMILES string of the molecule is COc1cccc2c(=O)c3c(OCc4cccc(C(F)(F)F)c4)cc(OCC4CO4)cc3oc12. The van der Waals surface area contributed by atoms with Crippen molar-refractivity contribution in [3.63, 3.8) is 0 Å². The topological polar surface area (TPSA) is 70.4 Å². The van der Waals surface area contributed by atoms with Gasteiger partial charge in [-0.2, -0.15) is 13.2 Å². The largest absolute Gasteiger partial charge is 0.493 e. The van der Waals surface area contributed by atoms with Gasteiger partial charge in [-0.15, -0.1) is 0 Å². The molecule has 1 aromatic heterocycles. The molecule has 1 atom stereocenters. The van der Waals surface area contributed by atoms with Gasteiger partial charge in [0.25, 0.3) is 0 Å². The van der Waals surface area contributed by atoms with Crippen LogP contribution in [-0.2, 0) is 17.5 Å². The molecule has 5 rings (SSSR count). The van der Waals surface area contributed by atoms with Crippen molar-refractivity contribution in [3.8, 4) is 17.2 Å². The van der Waals surface area contributed by atoms with Gasteiger partial charge >= 0.3 is 6.18 Å². The Balaban J connectivity index is 1.58. The van der Waals surface area contributed by atoms with Gasteiger partial charge in [0.05, 0.1) is 24.7 Å². The van der Waals surface area contributed by atoms with Crippen LogP contribution in [0.25, 0.3) is 21.9 Å². The van der Waals surface area contributed by atoms with Crippen LogP contribution in [0.1, 0.15) is 11.1 Å². The Hall–Kier alpha value is -3.72. The normalized spacial score (nSPS) is 15.5. The zero-order valence-corrected chi connectivity index (χ0v) is 18.0. The summed E-state index contributed by atoms with van der Waals surface area (Å²) >= 11 is 0. The summed E-state index contributed by atoms with van der Waals surface area (Å²) < 4.78 is 67.3. The van der Waals surface area contributed by atoms with Crippen molar-refractivity contribution < 1.29 is 36.5 Å². The van der Waals surface area contributed by atoms with Gasteiger partial charge in [0.15, 0.2) is 11.3 Å². The first kappa shape index (κ1) is 22.1. The molecule has 0 aliphatic carbocycles. The smallest absolute Gasteiger partial charge is 0.416 e. The van der Waals surface area contributed by atoms with Crippen molar-refractivity contribution in [2.24, 2.45) is 0 Å². The quantitative estimate of drug-likeness (QED) is 0.268. The fourth-order valence-electron chi connectivity index (χ4n) is 3.62. The Morgan fingerprint density at radius 3 is 2.56 bits per heavy atom. The molecule has 2 heterocycles. The van der Waals surface area contributed by atoms with E-state index in [2.05, 4.69) is 0 Å². The van der Waals surface area contributed by atoms with Crippen LogP contribution in [0.2, 0.25) is 0 Å². The van der Waals surface area contributed by atoms with E-state index < -0.39 is 11.7 Å². The van der Waals surface area contributed by atoms with E-state index in [1.54, 1.807) is 24.3 Å². The Morgan fingerprint density at radius 2 is 1.82 bits per heavy atom. The van der Waals surface area contributed by atoms with Gasteiger partial charge in [0, 0.05) is 12.1 Å². The van der Waals surface area contributed by atoms with E-state index >= 15 is 0 Å². The summed E-state index contributed by atoms with van der Waals surface area (Å²) in [5, 5.41) is 0.443. The first-order valence-corrected chi connectivity index (χ1v) is 10.4. The minimum atomic E-state index is -4.47. The highest BCUT2D eigenvalue weighted by Gasteiger charge is 2.30. The third kappa shape index (κ3) is 4.38. The number of fused-ring (bicyclic) bond motifs is 2. The van der Waals surface area contributed by atoms with E-state index in [-0.39, 0.29) is 45.8 Å². The summed E-state index contributed by atoms with van der Waals surface area (Å²) in [6.45, 7) is 0.715. The number of halogens is 3. The van der Waals surface area contributed by atoms with Crippen LogP contribution in [0.4, 0.5) is 13.2 Å². The van der Waals surface area contributed by atoms with Crippen LogP contribution in [0.3, 0.4) is 0 Å². The zero-order chi connectivity index (χ0) is 23.9. The number of rotatable bonds is 7. The third-order valence-corrected chi connectivity index (χ3v) is 5.41. The molecule has 1 aliphatic heterocycles. The molecule has 0 bridgehead atoms. The number of hydrogen-bond donors (Lipinski definition) is 0. The molecule has 0 spiro atoms. The Morgan fingerprint density at radius 1 is 1.03 bits per heavy atom. The standard InChI is InChI=1S/C25H19F3O6/c1-30-19-7-3-6-18-23(29)22-20(33-11-14-4-2-5-15(8-14)25(26,27)28)9-16(31-12-17-13-32-17)10-21(22)34-24(18)19/h2-10,17H,11-13H2,1H3. The molecule has 0 N–H and O–H groups in total. The van der Waals surface area contributed by atoms with Crippen LogP contribution in [0.5, 0.6) is 17.2 Å². The van der Waals surface area contributed by atoms with Gasteiger partial charge in [-0.05, 0) is 29.8 Å². The van der Waals surface area contributed by atoms with Crippen LogP contribution in [0, 0.1) is 0 Å². The molecule has 3 aromatic carbocycles. The van der Waals surface area contributed by atoms with E-state index in [0.29, 0.717) is 30.3 Å².